The van der Waals surface area contributed by atoms with Crippen LogP contribution in [-0.4, -0.2) is 41.8 Å². The summed E-state index contributed by atoms with van der Waals surface area (Å²) in [7, 11) is -7.15. The lowest BCUT2D eigenvalue weighted by Gasteiger charge is -2.32. The van der Waals surface area contributed by atoms with Gasteiger partial charge in [0, 0.05) is 18.7 Å². The summed E-state index contributed by atoms with van der Waals surface area (Å²) >= 11 is 0. The van der Waals surface area contributed by atoms with Crippen molar-refractivity contribution < 1.29 is 38.4 Å². The van der Waals surface area contributed by atoms with Gasteiger partial charge in [-0.1, -0.05) is 72.8 Å². The first-order chi connectivity index (χ1) is 19.8. The molecule has 0 aliphatic carbocycles. The van der Waals surface area contributed by atoms with Gasteiger partial charge in [0.25, 0.3) is 5.91 Å². The number of rotatable bonds is 7. The standard InChI is InChI=1S/C31H29N2O2P.ClHO4/c34-31(26-13-5-1-6-14-26)32-30(25-33-21-23-35-24-22-33)36(27-15-7-2-8-16-27,28-17-9-3-10-18-28)29-19-11-4-12-20-29;2-1(3,4)5/h1-20,25H,21-24H2;(H,2,3,4,5)/p+1/b30-25+;. The summed E-state index contributed by atoms with van der Waals surface area (Å²) in [5.74, 6) is -0.109. The molecule has 0 spiro atoms. The second-order valence-electron chi connectivity index (χ2n) is 9.06. The number of carbonyl (C=O) groups excluding carboxylic acids is 1. The number of carbonyl (C=O) groups is 1. The van der Waals surface area contributed by atoms with E-state index in [1.807, 2.05) is 48.5 Å². The summed E-state index contributed by atoms with van der Waals surface area (Å²) in [5, 5.41) is 6.98. The van der Waals surface area contributed by atoms with Gasteiger partial charge in [-0.3, -0.25) is 10.1 Å². The van der Waals surface area contributed by atoms with Crippen molar-refractivity contribution in [1.29, 1.82) is 0 Å². The number of benzene rings is 4. The van der Waals surface area contributed by atoms with Gasteiger partial charge in [-0.05, 0) is 48.5 Å². The molecule has 1 amide bonds. The van der Waals surface area contributed by atoms with Crippen LogP contribution in [0.5, 0.6) is 0 Å². The molecule has 1 saturated heterocycles. The Morgan fingerprint density at radius 3 is 1.49 bits per heavy atom. The van der Waals surface area contributed by atoms with Crippen LogP contribution in [0.3, 0.4) is 0 Å². The highest BCUT2D eigenvalue weighted by Gasteiger charge is 2.51. The SMILES string of the molecule is O=C(N/C(=C\N1CCOCC1)[P+](c1ccccc1)(c1ccccc1)c1ccccc1)c1ccccc1.[O-][Cl+3]([O-])([O-])O. The average molecular weight is 594 g/mol. The maximum absolute atomic E-state index is 13.7. The van der Waals surface area contributed by atoms with Gasteiger partial charge in [-0.2, -0.15) is 14.0 Å². The van der Waals surface area contributed by atoms with E-state index >= 15 is 0 Å². The van der Waals surface area contributed by atoms with Gasteiger partial charge in [0.1, 0.15) is 15.9 Å². The fourth-order valence-electron chi connectivity index (χ4n) is 4.68. The lowest BCUT2D eigenvalue weighted by atomic mass is 10.2. The Morgan fingerprint density at radius 2 is 1.10 bits per heavy atom. The number of hydrogen-bond acceptors (Lipinski definition) is 7. The van der Waals surface area contributed by atoms with Crippen molar-refractivity contribution in [1.82, 2.24) is 10.2 Å². The monoisotopic (exact) mass is 593 g/mol. The molecule has 4 aromatic rings. The molecule has 41 heavy (non-hydrogen) atoms. The zero-order valence-electron chi connectivity index (χ0n) is 22.2. The molecule has 0 aromatic heterocycles. The van der Waals surface area contributed by atoms with Crippen molar-refractivity contribution >= 4 is 29.1 Å². The van der Waals surface area contributed by atoms with E-state index in [0.717, 1.165) is 18.5 Å². The maximum Gasteiger partial charge on any atom is 0.258 e. The molecule has 4 aromatic carbocycles. The summed E-state index contributed by atoms with van der Waals surface area (Å²) in [6.45, 7) is 2.90. The molecule has 1 aliphatic rings. The van der Waals surface area contributed by atoms with Crippen LogP contribution < -0.4 is 35.2 Å². The highest BCUT2D eigenvalue weighted by molar-refractivity contribution is 7.99. The summed E-state index contributed by atoms with van der Waals surface area (Å²) in [4.78, 5) is 15.9. The molecular formula is C31H31ClN2O6P+. The molecule has 0 atom stereocenters. The number of amides is 1. The van der Waals surface area contributed by atoms with Gasteiger partial charge < -0.3 is 9.64 Å². The van der Waals surface area contributed by atoms with Crippen LogP contribution in [0.4, 0.5) is 0 Å². The molecule has 1 aliphatic heterocycles. The van der Waals surface area contributed by atoms with Crippen molar-refractivity contribution in [2.24, 2.45) is 0 Å². The Kier molecular flexibility index (Phi) is 10.6. The average Bonchev–Trinajstić information content (AvgIpc) is 2.99. The lowest BCUT2D eigenvalue weighted by Crippen LogP contribution is -2.58. The summed E-state index contributed by atoms with van der Waals surface area (Å²) < 4.78 is 38.3. The molecule has 5 rings (SSSR count). The fraction of sp³-hybridized carbons (Fsp3) is 0.129. The van der Waals surface area contributed by atoms with E-state index in [0.29, 0.717) is 18.8 Å². The van der Waals surface area contributed by atoms with Crippen LogP contribution in [0.2, 0.25) is 0 Å². The molecule has 2 N–H and O–H groups in total. The van der Waals surface area contributed by atoms with Crippen LogP contribution in [0.25, 0.3) is 0 Å². The van der Waals surface area contributed by atoms with Crippen LogP contribution in [0.15, 0.2) is 133 Å². The fourth-order valence-corrected chi connectivity index (χ4v) is 8.87. The molecule has 0 bridgehead atoms. The zero-order chi connectivity index (χ0) is 29.1. The van der Waals surface area contributed by atoms with E-state index in [-0.39, 0.29) is 5.91 Å². The van der Waals surface area contributed by atoms with Gasteiger partial charge >= 0.3 is 0 Å². The normalized spacial score (nSPS) is 14.0. The summed E-state index contributed by atoms with van der Waals surface area (Å²) in [6.07, 6.45) is 2.17. The van der Waals surface area contributed by atoms with Gasteiger partial charge in [0.05, 0.1) is 34.3 Å². The predicted molar refractivity (Wildman–Crippen MR) is 152 cm³/mol. The second-order valence-corrected chi connectivity index (χ2v) is 13.2. The Balaban J connectivity index is 0.000000714. The minimum Gasteiger partial charge on any atom is -0.378 e. The first kappa shape index (κ1) is 30.4. The smallest absolute Gasteiger partial charge is 0.258 e. The van der Waals surface area contributed by atoms with Crippen molar-refractivity contribution in [3.05, 3.63) is 139 Å². The molecule has 1 fully saturated rings. The van der Waals surface area contributed by atoms with E-state index < -0.39 is 17.5 Å². The predicted octanol–water partition coefficient (Wildman–Crippen LogP) is 0.418. The molecule has 10 heteroatoms. The zero-order valence-corrected chi connectivity index (χ0v) is 23.9. The van der Waals surface area contributed by atoms with E-state index in [2.05, 4.69) is 89.2 Å². The van der Waals surface area contributed by atoms with Crippen molar-refractivity contribution in [2.75, 3.05) is 26.3 Å². The topological polar surface area (TPSA) is 131 Å². The summed E-state index contributed by atoms with van der Waals surface area (Å²) in [6, 6.07) is 41.2. The van der Waals surface area contributed by atoms with Crippen molar-refractivity contribution in [2.45, 2.75) is 0 Å². The lowest BCUT2D eigenvalue weighted by molar-refractivity contribution is -1.92. The third kappa shape index (κ3) is 8.22. The number of hydrogen-bond donors (Lipinski definition) is 2. The molecule has 0 unspecified atom stereocenters. The minimum absolute atomic E-state index is 0.109. The van der Waals surface area contributed by atoms with E-state index in [4.69, 9.17) is 23.4 Å². The first-order valence-electron chi connectivity index (χ1n) is 12.9. The van der Waals surface area contributed by atoms with Crippen LogP contribution in [-0.2, 0) is 4.74 Å². The molecule has 212 valence electrons. The third-order valence-electron chi connectivity index (χ3n) is 6.42. The number of halogens is 1. The Labute approximate surface area is 242 Å². The maximum atomic E-state index is 13.7. The summed E-state index contributed by atoms with van der Waals surface area (Å²) in [5.41, 5.74) is 1.56. The largest absolute Gasteiger partial charge is 0.378 e. The second kappa shape index (κ2) is 14.3. The highest BCUT2D eigenvalue weighted by atomic mass is 35.7. The first-order valence-corrected chi connectivity index (χ1v) is 15.9. The van der Waals surface area contributed by atoms with E-state index in [9.17, 15) is 4.79 Å². The molecular weight excluding hydrogens is 563 g/mol. The van der Waals surface area contributed by atoms with Gasteiger partial charge in [-0.25, -0.2) is 0 Å². The number of nitrogens with one attached hydrogen (secondary N) is 1. The molecule has 1 heterocycles. The van der Waals surface area contributed by atoms with Gasteiger partial charge in [-0.15, -0.1) is 0 Å². The van der Waals surface area contributed by atoms with Crippen LogP contribution in [0.1, 0.15) is 10.4 Å². The van der Waals surface area contributed by atoms with Crippen molar-refractivity contribution in [3.8, 4) is 0 Å². The van der Waals surface area contributed by atoms with Crippen LogP contribution in [0, 0.1) is 10.2 Å². The number of morpholine rings is 1. The molecule has 0 radical (unpaired) electrons. The Bertz CT molecular complexity index is 1300. The number of nitrogens with zero attached hydrogens (tertiary/aromatic N) is 1. The Hall–Kier alpha value is -3.59. The van der Waals surface area contributed by atoms with E-state index in [1.54, 1.807) is 0 Å². The van der Waals surface area contributed by atoms with E-state index in [1.165, 1.54) is 15.9 Å². The minimum atomic E-state index is -4.69. The quantitative estimate of drug-likeness (QED) is 0.297. The number of ether oxygens (including phenoxy) is 1. The van der Waals surface area contributed by atoms with Gasteiger partial charge in [0.2, 0.25) is 0 Å². The van der Waals surface area contributed by atoms with Crippen LogP contribution >= 0.6 is 7.26 Å². The van der Waals surface area contributed by atoms with Gasteiger partial charge in [0.15, 0.2) is 12.7 Å². The highest BCUT2D eigenvalue weighted by Crippen LogP contribution is 2.61. The Morgan fingerprint density at radius 1 is 0.732 bits per heavy atom. The van der Waals surface area contributed by atoms with Crippen molar-refractivity contribution in [3.63, 3.8) is 0 Å². The molecule has 8 nitrogen and oxygen atoms in total. The third-order valence-corrected chi connectivity index (χ3v) is 10.6. The molecule has 0 saturated carbocycles.